The van der Waals surface area contributed by atoms with Gasteiger partial charge in [0.05, 0.1) is 0 Å². The normalized spacial score (nSPS) is 11.6. The van der Waals surface area contributed by atoms with Crippen molar-refractivity contribution in [1.29, 1.82) is 0 Å². The minimum absolute atomic E-state index is 0.222. The first kappa shape index (κ1) is 17.2. The molecule has 1 atom stereocenters. The summed E-state index contributed by atoms with van der Waals surface area (Å²) in [6, 6.07) is 16.9. The van der Waals surface area contributed by atoms with Gasteiger partial charge in [-0.25, -0.2) is 9.59 Å². The Morgan fingerprint density at radius 1 is 1.00 bits per heavy atom. The molecule has 3 rings (SSSR count). The van der Waals surface area contributed by atoms with Crippen molar-refractivity contribution in [2.75, 3.05) is 7.05 Å². The fourth-order valence-electron chi connectivity index (χ4n) is 2.49. The molecule has 0 saturated heterocycles. The topological polar surface area (TPSA) is 100 Å². The highest BCUT2D eigenvalue weighted by Crippen LogP contribution is 2.21. The van der Waals surface area contributed by atoms with E-state index in [-0.39, 0.29) is 5.69 Å². The predicted molar refractivity (Wildman–Crippen MR) is 95.5 cm³/mol. The lowest BCUT2D eigenvalue weighted by Crippen LogP contribution is -2.41. The fourth-order valence-corrected chi connectivity index (χ4v) is 2.49. The maximum absolute atomic E-state index is 12.5. The molecule has 1 heterocycles. The Balaban J connectivity index is 1.85. The van der Waals surface area contributed by atoms with E-state index in [9.17, 15) is 14.4 Å². The molecular weight excluding hydrogens is 334 g/mol. The van der Waals surface area contributed by atoms with Gasteiger partial charge in [0.2, 0.25) is 6.10 Å². The number of rotatable bonds is 4. The number of fused-ring (bicyclic) bond motifs is 1. The van der Waals surface area contributed by atoms with Crippen LogP contribution in [0.4, 0.5) is 4.79 Å². The summed E-state index contributed by atoms with van der Waals surface area (Å²) in [5.74, 6) is -1.43. The summed E-state index contributed by atoms with van der Waals surface area (Å²) in [5.41, 5.74) is 1.46. The summed E-state index contributed by atoms with van der Waals surface area (Å²) in [7, 11) is 1.39. The van der Waals surface area contributed by atoms with E-state index < -0.39 is 24.0 Å². The van der Waals surface area contributed by atoms with E-state index in [1.54, 1.807) is 36.4 Å². The van der Waals surface area contributed by atoms with E-state index in [1.807, 2.05) is 24.3 Å². The van der Waals surface area contributed by atoms with Crippen LogP contribution in [0.3, 0.4) is 0 Å². The van der Waals surface area contributed by atoms with Crippen LogP contribution in [0, 0.1) is 0 Å². The third kappa shape index (κ3) is 3.72. The smallest absolute Gasteiger partial charge is 0.355 e. The lowest BCUT2D eigenvalue weighted by molar-refractivity contribution is -0.129. The minimum atomic E-state index is -1.26. The fraction of sp³-hybridized carbons (Fsp3) is 0.105. The molecule has 0 aliphatic heterocycles. The second-order valence-electron chi connectivity index (χ2n) is 5.53. The molecule has 0 aliphatic rings. The molecule has 3 amide bonds. The zero-order chi connectivity index (χ0) is 18.5. The highest BCUT2D eigenvalue weighted by molar-refractivity contribution is 6.00. The Kier molecular flexibility index (Phi) is 4.98. The van der Waals surface area contributed by atoms with Crippen LogP contribution in [-0.2, 0) is 9.53 Å². The number of hydrogen-bond donors (Lipinski definition) is 3. The Labute approximate surface area is 149 Å². The average Bonchev–Trinajstić information content (AvgIpc) is 3.10. The lowest BCUT2D eigenvalue weighted by Gasteiger charge is -2.17. The second kappa shape index (κ2) is 7.52. The maximum atomic E-state index is 12.5. The maximum Gasteiger partial charge on any atom is 0.355 e. The summed E-state index contributed by atoms with van der Waals surface area (Å²) < 4.78 is 5.40. The Morgan fingerprint density at radius 3 is 2.38 bits per heavy atom. The molecule has 0 unspecified atom stereocenters. The van der Waals surface area contributed by atoms with Crippen LogP contribution in [0.5, 0.6) is 0 Å². The van der Waals surface area contributed by atoms with Crippen LogP contribution in [0.25, 0.3) is 10.9 Å². The van der Waals surface area contributed by atoms with Gasteiger partial charge in [0, 0.05) is 23.5 Å². The van der Waals surface area contributed by atoms with Gasteiger partial charge in [0.25, 0.3) is 5.91 Å². The molecule has 0 fully saturated rings. The quantitative estimate of drug-likeness (QED) is 0.629. The number of para-hydroxylation sites is 1. The minimum Gasteiger partial charge on any atom is -0.443 e. The summed E-state index contributed by atoms with van der Waals surface area (Å²) in [5, 5.41) is 5.27. The molecule has 1 aromatic heterocycles. The van der Waals surface area contributed by atoms with E-state index in [4.69, 9.17) is 4.74 Å². The molecule has 0 aliphatic carbocycles. The lowest BCUT2D eigenvalue weighted by atomic mass is 10.1. The number of esters is 1. The SMILES string of the molecule is CNC(=O)NC(=O)[C@@H](OC(=O)c1cc2ccccc2[nH]1)c1ccccc1. The number of ether oxygens (including phenoxy) is 1. The number of hydrogen-bond acceptors (Lipinski definition) is 4. The van der Waals surface area contributed by atoms with E-state index in [2.05, 4.69) is 15.6 Å². The van der Waals surface area contributed by atoms with Gasteiger partial charge in [-0.2, -0.15) is 0 Å². The van der Waals surface area contributed by atoms with Crippen molar-refractivity contribution < 1.29 is 19.1 Å². The molecule has 3 aromatic rings. The van der Waals surface area contributed by atoms with Gasteiger partial charge in [-0.05, 0) is 12.1 Å². The highest BCUT2D eigenvalue weighted by atomic mass is 16.5. The van der Waals surface area contributed by atoms with Crippen LogP contribution in [0.2, 0.25) is 0 Å². The predicted octanol–water partition coefficient (Wildman–Crippen LogP) is 2.52. The van der Waals surface area contributed by atoms with Crippen LogP contribution in [0.15, 0.2) is 60.7 Å². The Morgan fingerprint density at radius 2 is 1.69 bits per heavy atom. The van der Waals surface area contributed by atoms with Crippen molar-refractivity contribution >= 4 is 28.8 Å². The van der Waals surface area contributed by atoms with Gasteiger partial charge in [-0.15, -0.1) is 0 Å². The molecule has 7 heteroatoms. The van der Waals surface area contributed by atoms with Crippen LogP contribution in [0.1, 0.15) is 22.2 Å². The standard InChI is InChI=1S/C19H17N3O4/c1-20-19(25)22-17(23)16(12-7-3-2-4-8-12)26-18(24)15-11-13-9-5-6-10-14(13)21-15/h2-11,16,21H,1H3,(H2,20,22,23,25)/t16-/m0/s1. The summed E-state index contributed by atoms with van der Waals surface area (Å²) in [4.78, 5) is 39.3. The van der Waals surface area contributed by atoms with Crippen LogP contribution < -0.4 is 10.6 Å². The number of H-pyrrole nitrogens is 1. The second-order valence-corrected chi connectivity index (χ2v) is 5.53. The van der Waals surface area contributed by atoms with Crippen molar-refractivity contribution in [2.24, 2.45) is 0 Å². The van der Waals surface area contributed by atoms with Gasteiger partial charge in [0.15, 0.2) is 0 Å². The number of aromatic amines is 1. The number of amides is 3. The number of imide groups is 1. The van der Waals surface area contributed by atoms with E-state index in [0.29, 0.717) is 5.56 Å². The molecule has 0 saturated carbocycles. The van der Waals surface area contributed by atoms with Crippen molar-refractivity contribution in [3.63, 3.8) is 0 Å². The number of carbonyl (C=O) groups is 3. The molecule has 2 aromatic carbocycles. The van der Waals surface area contributed by atoms with E-state index in [1.165, 1.54) is 7.05 Å². The van der Waals surface area contributed by atoms with Gasteiger partial charge >= 0.3 is 12.0 Å². The molecule has 132 valence electrons. The summed E-state index contributed by atoms with van der Waals surface area (Å²) in [6.07, 6.45) is -1.26. The highest BCUT2D eigenvalue weighted by Gasteiger charge is 2.27. The molecule has 0 bridgehead atoms. The first-order valence-electron chi connectivity index (χ1n) is 7.94. The van der Waals surface area contributed by atoms with Gasteiger partial charge in [0.1, 0.15) is 5.69 Å². The zero-order valence-electron chi connectivity index (χ0n) is 14.0. The monoisotopic (exact) mass is 351 g/mol. The van der Waals surface area contributed by atoms with Gasteiger partial charge in [-0.3, -0.25) is 10.1 Å². The van der Waals surface area contributed by atoms with E-state index in [0.717, 1.165) is 10.9 Å². The van der Waals surface area contributed by atoms with E-state index >= 15 is 0 Å². The molecule has 3 N–H and O–H groups in total. The summed E-state index contributed by atoms with van der Waals surface area (Å²) in [6.45, 7) is 0. The molecule has 7 nitrogen and oxygen atoms in total. The number of benzene rings is 2. The van der Waals surface area contributed by atoms with Crippen molar-refractivity contribution in [3.05, 3.63) is 71.9 Å². The van der Waals surface area contributed by atoms with Gasteiger partial charge < -0.3 is 15.0 Å². The number of aromatic nitrogens is 1. The Bertz CT molecular complexity index is 917. The first-order chi connectivity index (χ1) is 12.6. The number of nitrogens with one attached hydrogen (secondary N) is 3. The van der Waals surface area contributed by atoms with Crippen LogP contribution >= 0.6 is 0 Å². The third-order valence-electron chi connectivity index (χ3n) is 3.78. The number of carbonyl (C=O) groups excluding carboxylic acids is 3. The molecule has 0 spiro atoms. The van der Waals surface area contributed by atoms with Crippen molar-refractivity contribution in [2.45, 2.75) is 6.10 Å². The average molecular weight is 351 g/mol. The van der Waals surface area contributed by atoms with Gasteiger partial charge in [-0.1, -0.05) is 48.5 Å². The molecule has 0 radical (unpaired) electrons. The first-order valence-corrected chi connectivity index (χ1v) is 7.94. The molecule has 26 heavy (non-hydrogen) atoms. The zero-order valence-corrected chi connectivity index (χ0v) is 14.0. The van der Waals surface area contributed by atoms with Crippen molar-refractivity contribution in [3.8, 4) is 0 Å². The summed E-state index contributed by atoms with van der Waals surface area (Å²) >= 11 is 0. The van der Waals surface area contributed by atoms with Crippen molar-refractivity contribution in [1.82, 2.24) is 15.6 Å². The third-order valence-corrected chi connectivity index (χ3v) is 3.78. The molecular formula is C19H17N3O4. The van der Waals surface area contributed by atoms with Crippen LogP contribution in [-0.4, -0.2) is 29.9 Å². The number of urea groups is 1. The largest absolute Gasteiger partial charge is 0.443 e. The Hall–Kier alpha value is -3.61.